The fourth-order valence-electron chi connectivity index (χ4n) is 2.01. The van der Waals surface area contributed by atoms with Gasteiger partial charge in [-0.2, -0.15) is 0 Å². The molecule has 1 aromatic carbocycles. The van der Waals surface area contributed by atoms with Crippen molar-refractivity contribution >= 4 is 40.5 Å². The van der Waals surface area contributed by atoms with Crippen molar-refractivity contribution < 1.29 is 14.8 Å². The summed E-state index contributed by atoms with van der Waals surface area (Å²) < 4.78 is 0. The number of anilines is 1. The molecule has 108 valence electrons. The maximum Gasteiger partial charge on any atom is 0.305 e. The Hall–Kier alpha value is -1.53. The Morgan fingerprint density at radius 2 is 1.95 bits per heavy atom. The molecule has 0 aliphatic heterocycles. The van der Waals surface area contributed by atoms with Crippen molar-refractivity contribution in [1.29, 1.82) is 0 Å². The molecule has 2 rings (SSSR count). The van der Waals surface area contributed by atoms with E-state index in [0.717, 1.165) is 12.8 Å². The quantitative estimate of drug-likeness (QED) is 0.642. The van der Waals surface area contributed by atoms with Crippen LogP contribution < -0.4 is 4.90 Å². The molecule has 0 aromatic heterocycles. The van der Waals surface area contributed by atoms with Crippen molar-refractivity contribution in [3.63, 3.8) is 0 Å². The van der Waals surface area contributed by atoms with Gasteiger partial charge in [0.05, 0.1) is 27.1 Å². The van der Waals surface area contributed by atoms with Crippen LogP contribution in [0.15, 0.2) is 12.1 Å². The lowest BCUT2D eigenvalue weighted by molar-refractivity contribution is -0.384. The fraction of sp³-hybridized carbons (Fsp3) is 0.417. The van der Waals surface area contributed by atoms with Crippen LogP contribution in [0.3, 0.4) is 0 Å². The molecule has 0 amide bonds. The van der Waals surface area contributed by atoms with Gasteiger partial charge in [0, 0.05) is 24.7 Å². The van der Waals surface area contributed by atoms with Crippen LogP contribution in [0.1, 0.15) is 19.3 Å². The highest BCUT2D eigenvalue weighted by atomic mass is 35.5. The number of hydrogen-bond acceptors (Lipinski definition) is 4. The number of carboxylic acid groups (broad SMARTS) is 1. The number of aliphatic carboxylic acids is 1. The third kappa shape index (κ3) is 3.32. The van der Waals surface area contributed by atoms with Crippen molar-refractivity contribution in [1.82, 2.24) is 0 Å². The van der Waals surface area contributed by atoms with E-state index in [1.54, 1.807) is 0 Å². The van der Waals surface area contributed by atoms with E-state index in [4.69, 9.17) is 28.3 Å². The van der Waals surface area contributed by atoms with E-state index in [-0.39, 0.29) is 34.7 Å². The topological polar surface area (TPSA) is 83.7 Å². The molecule has 1 aliphatic carbocycles. The molecule has 1 aliphatic rings. The van der Waals surface area contributed by atoms with Crippen LogP contribution in [0.5, 0.6) is 0 Å². The van der Waals surface area contributed by atoms with Gasteiger partial charge in [-0.1, -0.05) is 23.2 Å². The Labute approximate surface area is 125 Å². The summed E-state index contributed by atoms with van der Waals surface area (Å²) in [5, 5.41) is 19.9. The molecule has 1 N–H and O–H groups in total. The molecule has 0 unspecified atom stereocenters. The highest BCUT2D eigenvalue weighted by molar-refractivity contribution is 6.39. The first-order valence-electron chi connectivity index (χ1n) is 6.02. The summed E-state index contributed by atoms with van der Waals surface area (Å²) in [4.78, 5) is 22.7. The number of carbonyl (C=O) groups is 1. The standard InChI is InChI=1S/C12H12Cl2N2O4/c13-9-5-8(16(19)20)6-10(14)12(9)15(7-1-2-7)4-3-11(17)18/h5-7H,1-4H2,(H,17,18). The van der Waals surface area contributed by atoms with Crippen LogP contribution in [0, 0.1) is 10.1 Å². The molecule has 0 saturated heterocycles. The molecular weight excluding hydrogens is 307 g/mol. The van der Waals surface area contributed by atoms with Crippen LogP contribution >= 0.6 is 23.2 Å². The second-order valence-electron chi connectivity index (χ2n) is 4.58. The minimum absolute atomic E-state index is 0.0415. The average molecular weight is 319 g/mol. The Morgan fingerprint density at radius 3 is 2.35 bits per heavy atom. The van der Waals surface area contributed by atoms with Crippen LogP contribution in [-0.2, 0) is 4.79 Å². The molecule has 0 atom stereocenters. The molecular formula is C12H12Cl2N2O4. The summed E-state index contributed by atoms with van der Waals surface area (Å²) in [6, 6.07) is 2.67. The average Bonchev–Trinajstić information content (AvgIpc) is 3.15. The monoisotopic (exact) mass is 318 g/mol. The van der Waals surface area contributed by atoms with E-state index >= 15 is 0 Å². The summed E-state index contributed by atoms with van der Waals surface area (Å²) in [5.41, 5.74) is 0.292. The van der Waals surface area contributed by atoms with Crippen molar-refractivity contribution in [3.05, 3.63) is 32.3 Å². The van der Waals surface area contributed by atoms with Gasteiger partial charge in [-0.3, -0.25) is 14.9 Å². The molecule has 8 heteroatoms. The van der Waals surface area contributed by atoms with Gasteiger partial charge in [-0.15, -0.1) is 0 Å². The van der Waals surface area contributed by atoms with Gasteiger partial charge < -0.3 is 10.0 Å². The number of nitro groups is 1. The number of nitro benzene ring substituents is 1. The van der Waals surface area contributed by atoms with E-state index in [0.29, 0.717) is 5.69 Å². The maximum absolute atomic E-state index is 10.7. The number of halogens is 2. The Kier molecular flexibility index (Phi) is 4.35. The van der Waals surface area contributed by atoms with Crippen molar-refractivity contribution in [2.75, 3.05) is 11.4 Å². The molecule has 0 radical (unpaired) electrons. The van der Waals surface area contributed by atoms with Gasteiger partial charge in [0.15, 0.2) is 0 Å². The van der Waals surface area contributed by atoms with E-state index in [2.05, 4.69) is 0 Å². The zero-order valence-corrected chi connectivity index (χ0v) is 11.9. The largest absolute Gasteiger partial charge is 0.481 e. The Morgan fingerprint density at radius 1 is 1.40 bits per heavy atom. The predicted octanol–water partition coefficient (Wildman–Crippen LogP) is 3.35. The van der Waals surface area contributed by atoms with Crippen LogP contribution in [0.4, 0.5) is 11.4 Å². The molecule has 6 nitrogen and oxygen atoms in total. The normalized spacial score (nSPS) is 14.1. The third-order valence-electron chi connectivity index (χ3n) is 3.05. The van der Waals surface area contributed by atoms with Gasteiger partial charge in [-0.05, 0) is 12.8 Å². The zero-order chi connectivity index (χ0) is 14.9. The highest BCUT2D eigenvalue weighted by Gasteiger charge is 2.32. The first-order valence-corrected chi connectivity index (χ1v) is 6.77. The van der Waals surface area contributed by atoms with Gasteiger partial charge in [0.25, 0.3) is 5.69 Å². The Bertz CT molecular complexity index is 537. The number of non-ortho nitro benzene ring substituents is 1. The number of carboxylic acids is 1. The fourth-order valence-corrected chi connectivity index (χ4v) is 2.70. The molecule has 0 spiro atoms. The highest BCUT2D eigenvalue weighted by Crippen LogP contribution is 2.42. The smallest absolute Gasteiger partial charge is 0.305 e. The number of hydrogen-bond donors (Lipinski definition) is 1. The Balaban J connectivity index is 2.33. The molecule has 1 saturated carbocycles. The summed E-state index contributed by atoms with van der Waals surface area (Å²) in [5.74, 6) is -0.912. The van der Waals surface area contributed by atoms with E-state index < -0.39 is 10.9 Å². The summed E-state index contributed by atoms with van der Waals surface area (Å²) in [6.07, 6.45) is 1.83. The van der Waals surface area contributed by atoms with Crippen molar-refractivity contribution in [3.8, 4) is 0 Å². The van der Waals surface area contributed by atoms with E-state index in [9.17, 15) is 14.9 Å². The number of benzene rings is 1. The lowest BCUT2D eigenvalue weighted by Crippen LogP contribution is -2.29. The van der Waals surface area contributed by atoms with Crippen molar-refractivity contribution in [2.24, 2.45) is 0 Å². The number of rotatable bonds is 6. The van der Waals surface area contributed by atoms with Gasteiger partial charge in [-0.25, -0.2) is 0 Å². The lowest BCUT2D eigenvalue weighted by atomic mass is 10.2. The number of nitrogens with zero attached hydrogens (tertiary/aromatic N) is 2. The van der Waals surface area contributed by atoms with Crippen LogP contribution in [0.25, 0.3) is 0 Å². The molecule has 1 aromatic rings. The summed E-state index contributed by atoms with van der Waals surface area (Å²) in [6.45, 7) is 0.275. The van der Waals surface area contributed by atoms with Crippen LogP contribution in [0.2, 0.25) is 10.0 Å². The van der Waals surface area contributed by atoms with E-state index in [1.165, 1.54) is 12.1 Å². The second kappa shape index (κ2) is 5.85. The third-order valence-corrected chi connectivity index (χ3v) is 3.63. The summed E-state index contributed by atoms with van der Waals surface area (Å²) in [7, 11) is 0. The summed E-state index contributed by atoms with van der Waals surface area (Å²) >= 11 is 12.2. The molecule has 1 fully saturated rings. The van der Waals surface area contributed by atoms with Gasteiger partial charge in [0.2, 0.25) is 0 Å². The lowest BCUT2D eigenvalue weighted by Gasteiger charge is -2.26. The van der Waals surface area contributed by atoms with Crippen LogP contribution in [-0.4, -0.2) is 28.6 Å². The SMILES string of the molecule is O=C(O)CCN(c1c(Cl)cc([N+](=O)[O-])cc1Cl)C1CC1. The first-order chi connectivity index (χ1) is 9.40. The van der Waals surface area contributed by atoms with Gasteiger partial charge in [0.1, 0.15) is 0 Å². The molecule has 0 heterocycles. The van der Waals surface area contributed by atoms with Gasteiger partial charge >= 0.3 is 5.97 Å². The first kappa shape index (κ1) is 14.9. The molecule has 0 bridgehead atoms. The second-order valence-corrected chi connectivity index (χ2v) is 5.40. The van der Waals surface area contributed by atoms with E-state index in [1.807, 2.05) is 4.90 Å². The molecule has 20 heavy (non-hydrogen) atoms. The van der Waals surface area contributed by atoms with Crippen molar-refractivity contribution in [2.45, 2.75) is 25.3 Å². The minimum Gasteiger partial charge on any atom is -0.481 e. The minimum atomic E-state index is -0.912. The predicted molar refractivity (Wildman–Crippen MR) is 75.7 cm³/mol. The zero-order valence-electron chi connectivity index (χ0n) is 10.4. The maximum atomic E-state index is 10.7.